The molecule has 3 rings (SSSR count). The predicted octanol–water partition coefficient (Wildman–Crippen LogP) is 0.523. The molecule has 7 heteroatoms. The lowest BCUT2D eigenvalue weighted by molar-refractivity contribution is 0.263. The van der Waals surface area contributed by atoms with E-state index in [0.717, 1.165) is 19.6 Å². The summed E-state index contributed by atoms with van der Waals surface area (Å²) in [6, 6.07) is 5.73. The molecule has 2 aromatic rings. The van der Waals surface area contributed by atoms with E-state index in [-0.39, 0.29) is 0 Å². The SMILES string of the molecule is N#CCCN1CCN(c2c(NCc3ccco3)c(=O)c2=O)CC1. The van der Waals surface area contributed by atoms with Gasteiger partial charge in [-0.05, 0) is 12.1 Å². The third-order valence-electron chi connectivity index (χ3n) is 4.13. The molecule has 0 amide bonds. The van der Waals surface area contributed by atoms with Crippen molar-refractivity contribution in [2.45, 2.75) is 13.0 Å². The molecule has 1 aliphatic rings. The van der Waals surface area contributed by atoms with Gasteiger partial charge in [-0.3, -0.25) is 14.5 Å². The van der Waals surface area contributed by atoms with Gasteiger partial charge < -0.3 is 14.6 Å². The lowest BCUT2D eigenvalue weighted by atomic mass is 10.1. The Kier molecular flexibility index (Phi) is 4.44. The van der Waals surface area contributed by atoms with Gasteiger partial charge in [0.15, 0.2) is 0 Å². The fourth-order valence-electron chi connectivity index (χ4n) is 2.84. The van der Waals surface area contributed by atoms with E-state index in [1.807, 2.05) is 11.0 Å². The molecule has 0 spiro atoms. The molecule has 23 heavy (non-hydrogen) atoms. The zero-order valence-corrected chi connectivity index (χ0v) is 12.7. The zero-order valence-electron chi connectivity index (χ0n) is 12.7. The first-order valence-corrected chi connectivity index (χ1v) is 7.64. The van der Waals surface area contributed by atoms with Crippen LogP contribution in [0.15, 0.2) is 32.4 Å². The van der Waals surface area contributed by atoms with Crippen LogP contribution in [0.3, 0.4) is 0 Å². The molecule has 1 aromatic carbocycles. The molecule has 1 saturated heterocycles. The second kappa shape index (κ2) is 6.67. The van der Waals surface area contributed by atoms with E-state index >= 15 is 0 Å². The highest BCUT2D eigenvalue weighted by molar-refractivity contribution is 5.75. The van der Waals surface area contributed by atoms with Crippen LogP contribution in [0.25, 0.3) is 0 Å². The topological polar surface area (TPSA) is 89.6 Å². The van der Waals surface area contributed by atoms with Gasteiger partial charge in [-0.25, -0.2) is 0 Å². The van der Waals surface area contributed by atoms with E-state index < -0.39 is 10.9 Å². The van der Waals surface area contributed by atoms with Gasteiger partial charge in [-0.2, -0.15) is 5.26 Å². The second-order valence-corrected chi connectivity index (χ2v) is 5.55. The molecular weight excluding hydrogens is 296 g/mol. The minimum atomic E-state index is -0.460. The quantitative estimate of drug-likeness (QED) is 0.778. The van der Waals surface area contributed by atoms with Crippen molar-refractivity contribution in [1.29, 1.82) is 5.26 Å². The smallest absolute Gasteiger partial charge is 0.253 e. The Morgan fingerprint density at radius 2 is 2.00 bits per heavy atom. The van der Waals surface area contributed by atoms with Crippen LogP contribution in [0.5, 0.6) is 0 Å². The fraction of sp³-hybridized carbons (Fsp3) is 0.438. The number of anilines is 2. The van der Waals surface area contributed by atoms with E-state index in [2.05, 4.69) is 16.3 Å². The Hall–Kier alpha value is -2.59. The first kappa shape index (κ1) is 15.3. The van der Waals surface area contributed by atoms with Crippen molar-refractivity contribution in [3.05, 3.63) is 44.6 Å². The minimum absolute atomic E-state index is 0.382. The summed E-state index contributed by atoms with van der Waals surface area (Å²) in [5.41, 5.74) is -0.00532. The monoisotopic (exact) mass is 314 g/mol. The molecule has 1 aliphatic heterocycles. The average molecular weight is 314 g/mol. The van der Waals surface area contributed by atoms with Crippen molar-refractivity contribution >= 4 is 11.4 Å². The van der Waals surface area contributed by atoms with Crippen LogP contribution in [0.1, 0.15) is 12.2 Å². The molecule has 0 unspecified atom stereocenters. The molecule has 1 N–H and O–H groups in total. The number of furan rings is 1. The van der Waals surface area contributed by atoms with Crippen molar-refractivity contribution in [2.24, 2.45) is 0 Å². The maximum Gasteiger partial charge on any atom is 0.253 e. The number of nitrogens with zero attached hydrogens (tertiary/aromatic N) is 3. The van der Waals surface area contributed by atoms with Gasteiger partial charge in [0.05, 0.1) is 18.9 Å². The molecule has 0 atom stereocenters. The van der Waals surface area contributed by atoms with Crippen LogP contribution in [0.4, 0.5) is 11.4 Å². The largest absolute Gasteiger partial charge is 0.467 e. The van der Waals surface area contributed by atoms with Crippen molar-refractivity contribution in [2.75, 3.05) is 42.9 Å². The van der Waals surface area contributed by atoms with E-state index in [0.29, 0.717) is 43.2 Å². The van der Waals surface area contributed by atoms with Crippen LogP contribution in [-0.2, 0) is 6.54 Å². The summed E-state index contributed by atoms with van der Waals surface area (Å²) in [5, 5.41) is 11.6. The number of nitrogens with one attached hydrogen (secondary N) is 1. The summed E-state index contributed by atoms with van der Waals surface area (Å²) in [7, 11) is 0. The van der Waals surface area contributed by atoms with Gasteiger partial charge >= 0.3 is 0 Å². The fourth-order valence-corrected chi connectivity index (χ4v) is 2.84. The van der Waals surface area contributed by atoms with Gasteiger partial charge in [0.2, 0.25) is 0 Å². The third-order valence-corrected chi connectivity index (χ3v) is 4.13. The standard InChI is InChI=1S/C16H18N4O3/c17-4-2-5-19-6-8-20(9-7-19)14-13(15(21)16(14)22)18-11-12-3-1-10-23-12/h1,3,10,18H,2,5-9,11H2. The molecule has 2 heterocycles. The highest BCUT2D eigenvalue weighted by Gasteiger charge is 2.28. The maximum absolute atomic E-state index is 11.9. The molecule has 0 saturated carbocycles. The van der Waals surface area contributed by atoms with Crippen molar-refractivity contribution < 1.29 is 4.42 Å². The summed E-state index contributed by atoms with van der Waals surface area (Å²) in [6.07, 6.45) is 2.08. The Balaban J connectivity index is 1.63. The van der Waals surface area contributed by atoms with Crippen molar-refractivity contribution in [1.82, 2.24) is 4.90 Å². The van der Waals surface area contributed by atoms with E-state index in [1.54, 1.807) is 12.3 Å². The third kappa shape index (κ3) is 3.12. The summed E-state index contributed by atoms with van der Waals surface area (Å²) >= 11 is 0. The number of hydrogen-bond donors (Lipinski definition) is 1. The highest BCUT2D eigenvalue weighted by Crippen LogP contribution is 2.22. The van der Waals surface area contributed by atoms with E-state index in [4.69, 9.17) is 9.68 Å². The van der Waals surface area contributed by atoms with Crippen LogP contribution in [0.2, 0.25) is 0 Å². The van der Waals surface area contributed by atoms with Crippen LogP contribution in [0, 0.1) is 11.3 Å². The normalized spacial score (nSPS) is 15.7. The Morgan fingerprint density at radius 3 is 2.65 bits per heavy atom. The Labute approximate surface area is 133 Å². The Morgan fingerprint density at radius 1 is 1.22 bits per heavy atom. The maximum atomic E-state index is 11.9. The van der Waals surface area contributed by atoms with Crippen LogP contribution < -0.4 is 21.1 Å². The first-order valence-electron chi connectivity index (χ1n) is 7.64. The number of hydrogen-bond acceptors (Lipinski definition) is 7. The number of rotatable bonds is 6. The van der Waals surface area contributed by atoms with Crippen LogP contribution in [-0.4, -0.2) is 37.6 Å². The lowest BCUT2D eigenvalue weighted by Crippen LogP contribution is -2.51. The van der Waals surface area contributed by atoms with Gasteiger partial charge in [0.25, 0.3) is 10.9 Å². The molecule has 120 valence electrons. The van der Waals surface area contributed by atoms with Crippen LogP contribution >= 0.6 is 0 Å². The van der Waals surface area contributed by atoms with Gasteiger partial charge in [0, 0.05) is 39.1 Å². The summed E-state index contributed by atoms with van der Waals surface area (Å²) < 4.78 is 5.22. The average Bonchev–Trinajstić information content (AvgIpc) is 3.10. The van der Waals surface area contributed by atoms with Gasteiger partial charge in [-0.15, -0.1) is 0 Å². The highest BCUT2D eigenvalue weighted by atomic mass is 16.3. The van der Waals surface area contributed by atoms with Gasteiger partial charge in [0.1, 0.15) is 17.1 Å². The molecule has 1 aromatic heterocycles. The molecular formula is C16H18N4O3. The summed E-state index contributed by atoms with van der Waals surface area (Å²) in [4.78, 5) is 27.9. The molecule has 0 aliphatic carbocycles. The zero-order chi connectivity index (χ0) is 16.2. The lowest BCUT2D eigenvalue weighted by Gasteiger charge is -2.36. The summed E-state index contributed by atoms with van der Waals surface area (Å²) in [6.45, 7) is 4.08. The molecule has 0 bridgehead atoms. The molecule has 1 fully saturated rings. The van der Waals surface area contributed by atoms with Crippen molar-refractivity contribution in [3.63, 3.8) is 0 Å². The van der Waals surface area contributed by atoms with E-state index in [9.17, 15) is 9.59 Å². The first-order chi connectivity index (χ1) is 11.2. The predicted molar refractivity (Wildman–Crippen MR) is 86.3 cm³/mol. The Bertz CT molecular complexity index is 760. The second-order valence-electron chi connectivity index (χ2n) is 5.55. The minimum Gasteiger partial charge on any atom is -0.467 e. The van der Waals surface area contributed by atoms with Gasteiger partial charge in [-0.1, -0.05) is 0 Å². The molecule has 0 radical (unpaired) electrons. The number of nitriles is 1. The molecule has 7 nitrogen and oxygen atoms in total. The van der Waals surface area contributed by atoms with Crippen molar-refractivity contribution in [3.8, 4) is 6.07 Å². The number of piperazine rings is 1. The van der Waals surface area contributed by atoms with E-state index in [1.165, 1.54) is 0 Å². The summed E-state index contributed by atoms with van der Waals surface area (Å²) in [5.74, 6) is 0.713.